The molecule has 2 N–H and O–H groups in total. The predicted molar refractivity (Wildman–Crippen MR) is 105 cm³/mol. The van der Waals surface area contributed by atoms with Crippen LogP contribution in [0.5, 0.6) is 11.5 Å². The number of carbonyl (C=O) groups excluding carboxylic acids is 1. The topological polar surface area (TPSA) is 98.7 Å². The second-order valence-electron chi connectivity index (χ2n) is 6.84. The van der Waals surface area contributed by atoms with Gasteiger partial charge in [0.05, 0.1) is 10.5 Å². The van der Waals surface area contributed by atoms with E-state index in [0.29, 0.717) is 31.1 Å². The van der Waals surface area contributed by atoms with Crippen LogP contribution in [-0.2, 0) is 0 Å². The Hall–Kier alpha value is -2.64. The minimum atomic E-state index is -0.517. The summed E-state index contributed by atoms with van der Waals surface area (Å²) in [5.41, 5.74) is 5.73. The van der Waals surface area contributed by atoms with E-state index < -0.39 is 4.92 Å². The average Bonchev–Trinajstić information content (AvgIpc) is 3.05. The Morgan fingerprint density at radius 1 is 1.30 bits per heavy atom. The van der Waals surface area contributed by atoms with Crippen molar-refractivity contribution >= 4 is 24.0 Å². The Kier molecular flexibility index (Phi) is 6.41. The summed E-state index contributed by atoms with van der Waals surface area (Å²) >= 11 is 0. The summed E-state index contributed by atoms with van der Waals surface area (Å²) in [5.74, 6) is 0.577. The van der Waals surface area contributed by atoms with Crippen molar-refractivity contribution in [2.75, 3.05) is 19.6 Å². The van der Waals surface area contributed by atoms with Gasteiger partial charge in [0.2, 0.25) is 0 Å². The fourth-order valence-electron chi connectivity index (χ4n) is 3.04. The van der Waals surface area contributed by atoms with E-state index >= 15 is 0 Å². The van der Waals surface area contributed by atoms with Crippen LogP contribution in [0.4, 0.5) is 5.69 Å². The number of nitrogens with two attached hydrogens (primary N) is 1. The molecule has 27 heavy (non-hydrogen) atoms. The van der Waals surface area contributed by atoms with Crippen LogP contribution >= 0.6 is 12.4 Å². The molecule has 1 heterocycles. The number of carbonyl (C=O) groups is 1. The number of non-ortho nitro benzene ring substituents is 1. The summed E-state index contributed by atoms with van der Waals surface area (Å²) < 4.78 is 5.81. The first kappa shape index (κ1) is 20.7. The number of para-hydroxylation sites is 1. The number of ether oxygens (including phenoxy) is 1. The number of hydrogen-bond donors (Lipinski definition) is 1. The number of amides is 1. The molecule has 0 aliphatic carbocycles. The largest absolute Gasteiger partial charge is 0.457 e. The molecule has 1 fully saturated rings. The zero-order chi connectivity index (χ0) is 18.7. The number of nitro groups is 1. The predicted octanol–water partition coefficient (Wildman–Crippen LogP) is 3.62. The summed E-state index contributed by atoms with van der Waals surface area (Å²) in [5, 5.41) is 11.1. The quantitative estimate of drug-likeness (QED) is 0.619. The highest BCUT2D eigenvalue weighted by Gasteiger charge is 2.36. The van der Waals surface area contributed by atoms with Crippen LogP contribution in [0.1, 0.15) is 23.7 Å². The van der Waals surface area contributed by atoms with Gasteiger partial charge in [-0.15, -0.1) is 12.4 Å². The van der Waals surface area contributed by atoms with Gasteiger partial charge in [0.15, 0.2) is 0 Å². The van der Waals surface area contributed by atoms with Crippen molar-refractivity contribution in [2.24, 2.45) is 11.1 Å². The van der Waals surface area contributed by atoms with Crippen molar-refractivity contribution in [3.63, 3.8) is 0 Å². The highest BCUT2D eigenvalue weighted by molar-refractivity contribution is 5.98. The lowest BCUT2D eigenvalue weighted by Gasteiger charge is -2.23. The molecule has 1 unspecified atom stereocenters. The van der Waals surface area contributed by atoms with Gasteiger partial charge in [-0.1, -0.05) is 25.1 Å². The number of halogens is 1. The SMILES string of the molecule is CC1(CN)CCN(C(=O)c2cc([N+](=O)[O-])ccc2Oc2ccccc2)C1.Cl. The van der Waals surface area contributed by atoms with Crippen LogP contribution in [0.3, 0.4) is 0 Å². The van der Waals surface area contributed by atoms with E-state index in [-0.39, 0.29) is 35.0 Å². The van der Waals surface area contributed by atoms with Crippen molar-refractivity contribution in [1.82, 2.24) is 4.90 Å². The zero-order valence-electron chi connectivity index (χ0n) is 15.0. The van der Waals surface area contributed by atoms with Gasteiger partial charge in [0.25, 0.3) is 11.6 Å². The minimum Gasteiger partial charge on any atom is -0.457 e. The van der Waals surface area contributed by atoms with Crippen LogP contribution in [0.2, 0.25) is 0 Å². The molecule has 2 aromatic rings. The molecule has 1 aliphatic heterocycles. The lowest BCUT2D eigenvalue weighted by atomic mass is 9.90. The van der Waals surface area contributed by atoms with Crippen molar-refractivity contribution < 1.29 is 14.5 Å². The van der Waals surface area contributed by atoms with Crippen LogP contribution in [0.15, 0.2) is 48.5 Å². The van der Waals surface area contributed by atoms with E-state index in [4.69, 9.17) is 10.5 Å². The maximum Gasteiger partial charge on any atom is 0.270 e. The molecule has 1 saturated heterocycles. The normalized spacial score (nSPS) is 18.7. The van der Waals surface area contributed by atoms with E-state index in [0.717, 1.165) is 6.42 Å². The molecular formula is C19H22ClN3O4. The zero-order valence-corrected chi connectivity index (χ0v) is 15.8. The number of benzene rings is 2. The van der Waals surface area contributed by atoms with Gasteiger partial charge in [-0.25, -0.2) is 0 Å². The molecule has 0 radical (unpaired) electrons. The second kappa shape index (κ2) is 8.37. The van der Waals surface area contributed by atoms with Gasteiger partial charge in [-0.05, 0) is 36.6 Å². The van der Waals surface area contributed by atoms with Gasteiger partial charge in [-0.2, -0.15) is 0 Å². The van der Waals surface area contributed by atoms with Gasteiger partial charge in [0.1, 0.15) is 11.5 Å². The summed E-state index contributed by atoms with van der Waals surface area (Å²) in [7, 11) is 0. The molecule has 1 amide bonds. The summed E-state index contributed by atoms with van der Waals surface area (Å²) in [6.07, 6.45) is 0.805. The second-order valence-corrected chi connectivity index (χ2v) is 6.84. The highest BCUT2D eigenvalue weighted by atomic mass is 35.5. The maximum absolute atomic E-state index is 13.0. The van der Waals surface area contributed by atoms with E-state index in [1.807, 2.05) is 25.1 Å². The Labute approximate surface area is 163 Å². The number of likely N-dealkylation sites (tertiary alicyclic amines) is 1. The van der Waals surface area contributed by atoms with Crippen molar-refractivity contribution in [1.29, 1.82) is 0 Å². The smallest absolute Gasteiger partial charge is 0.270 e. The van der Waals surface area contributed by atoms with Crippen LogP contribution in [-0.4, -0.2) is 35.4 Å². The highest BCUT2D eigenvalue weighted by Crippen LogP contribution is 2.34. The van der Waals surface area contributed by atoms with E-state index in [2.05, 4.69) is 0 Å². The van der Waals surface area contributed by atoms with Gasteiger partial charge in [0, 0.05) is 25.2 Å². The van der Waals surface area contributed by atoms with Gasteiger partial charge in [-0.3, -0.25) is 14.9 Å². The summed E-state index contributed by atoms with van der Waals surface area (Å²) in [6.45, 7) is 3.62. The fraction of sp³-hybridized carbons (Fsp3) is 0.316. The number of rotatable bonds is 5. The first-order chi connectivity index (χ1) is 12.4. The lowest BCUT2D eigenvalue weighted by Crippen LogP contribution is -2.34. The molecule has 0 bridgehead atoms. The number of nitro benzene ring substituents is 1. The van der Waals surface area contributed by atoms with Crippen molar-refractivity contribution in [3.05, 3.63) is 64.2 Å². The summed E-state index contributed by atoms with van der Waals surface area (Å²) in [4.78, 5) is 25.3. The fourth-order valence-corrected chi connectivity index (χ4v) is 3.04. The van der Waals surface area contributed by atoms with Gasteiger partial charge < -0.3 is 15.4 Å². The van der Waals surface area contributed by atoms with Crippen LogP contribution in [0, 0.1) is 15.5 Å². The third-order valence-corrected chi connectivity index (χ3v) is 4.71. The Morgan fingerprint density at radius 2 is 2.00 bits per heavy atom. The standard InChI is InChI=1S/C19H21N3O4.ClH/c1-19(12-20)9-10-21(13-19)18(23)16-11-14(22(24)25)7-8-17(16)26-15-5-3-2-4-6-15;/h2-8,11H,9-10,12-13,20H2,1H3;1H. The Balaban J connectivity index is 0.00000261. The van der Waals surface area contributed by atoms with E-state index in [9.17, 15) is 14.9 Å². The Bertz CT molecular complexity index is 831. The molecule has 8 heteroatoms. The average molecular weight is 392 g/mol. The molecule has 3 rings (SSSR count). The molecule has 7 nitrogen and oxygen atoms in total. The third-order valence-electron chi connectivity index (χ3n) is 4.71. The molecule has 0 aromatic heterocycles. The molecule has 0 spiro atoms. The molecule has 1 atom stereocenters. The van der Waals surface area contributed by atoms with E-state index in [1.54, 1.807) is 17.0 Å². The Morgan fingerprint density at radius 3 is 2.59 bits per heavy atom. The van der Waals surface area contributed by atoms with Crippen LogP contribution < -0.4 is 10.5 Å². The molecule has 144 valence electrons. The van der Waals surface area contributed by atoms with Crippen molar-refractivity contribution in [3.8, 4) is 11.5 Å². The minimum absolute atomic E-state index is 0. The molecule has 0 saturated carbocycles. The molecular weight excluding hydrogens is 370 g/mol. The lowest BCUT2D eigenvalue weighted by molar-refractivity contribution is -0.384. The number of hydrogen-bond acceptors (Lipinski definition) is 5. The summed E-state index contributed by atoms with van der Waals surface area (Å²) in [6, 6.07) is 13.1. The number of nitrogens with zero attached hydrogens (tertiary/aromatic N) is 2. The third kappa shape index (κ3) is 4.56. The first-order valence-corrected chi connectivity index (χ1v) is 8.42. The molecule has 1 aliphatic rings. The van der Waals surface area contributed by atoms with Crippen LogP contribution in [0.25, 0.3) is 0 Å². The maximum atomic E-state index is 13.0. The van der Waals surface area contributed by atoms with Gasteiger partial charge >= 0.3 is 0 Å². The van der Waals surface area contributed by atoms with E-state index in [1.165, 1.54) is 18.2 Å². The molecule has 2 aromatic carbocycles. The first-order valence-electron chi connectivity index (χ1n) is 8.42. The van der Waals surface area contributed by atoms with Crippen molar-refractivity contribution in [2.45, 2.75) is 13.3 Å². The monoisotopic (exact) mass is 391 g/mol.